The molecule has 1 amide bonds. The number of β-lactam (4-membered cyclic amide) rings is 1. The highest BCUT2D eigenvalue weighted by atomic mass is 35.5. The van der Waals surface area contributed by atoms with Crippen molar-refractivity contribution in [2.24, 2.45) is 0 Å². The molecule has 2 aromatic rings. The quantitative estimate of drug-likeness (QED) is 0.530. The van der Waals surface area contributed by atoms with E-state index >= 15 is 0 Å². The molecule has 2 aromatic carbocycles. The summed E-state index contributed by atoms with van der Waals surface area (Å²) in [6.07, 6.45) is 1.85. The van der Waals surface area contributed by atoms with E-state index in [0.717, 1.165) is 17.5 Å². The summed E-state index contributed by atoms with van der Waals surface area (Å²) < 4.78 is 5.46. The summed E-state index contributed by atoms with van der Waals surface area (Å²) in [6, 6.07) is 14.9. The zero-order valence-corrected chi connectivity index (χ0v) is 17.4. The van der Waals surface area contributed by atoms with Gasteiger partial charge in [-0.25, -0.2) is 0 Å². The number of carboxylic acid groups (broad SMARTS) is 1. The Kier molecular flexibility index (Phi) is 7.71. The molecule has 0 bridgehead atoms. The number of aliphatic hydroxyl groups is 1. The van der Waals surface area contributed by atoms with Crippen LogP contribution in [-0.4, -0.2) is 45.7 Å². The van der Waals surface area contributed by atoms with Crippen LogP contribution in [0.1, 0.15) is 36.8 Å². The van der Waals surface area contributed by atoms with Crippen molar-refractivity contribution in [2.75, 3.05) is 6.61 Å². The number of amides is 1. The van der Waals surface area contributed by atoms with E-state index in [4.69, 9.17) is 21.4 Å². The van der Waals surface area contributed by atoms with Gasteiger partial charge in [0.1, 0.15) is 5.75 Å². The van der Waals surface area contributed by atoms with Gasteiger partial charge in [-0.3, -0.25) is 9.59 Å². The fourth-order valence-corrected chi connectivity index (χ4v) is 3.82. The highest BCUT2D eigenvalue weighted by Crippen LogP contribution is 2.28. The molecule has 0 aliphatic carbocycles. The Balaban J connectivity index is 1.48. The molecular weight excluding hydrogens is 406 g/mol. The van der Waals surface area contributed by atoms with Gasteiger partial charge in [-0.2, -0.15) is 0 Å². The monoisotopic (exact) mass is 431 g/mol. The molecule has 1 aliphatic heterocycles. The number of carboxylic acids is 1. The molecule has 0 spiro atoms. The number of carbonyl (C=O) groups is 2. The maximum Gasteiger partial charge on any atom is 0.306 e. The number of aliphatic hydroxyl groups excluding tert-OH is 1. The topological polar surface area (TPSA) is 87.1 Å². The van der Waals surface area contributed by atoms with E-state index in [1.807, 2.05) is 47.4 Å². The summed E-state index contributed by atoms with van der Waals surface area (Å²) in [5.74, 6) is -0.213. The average molecular weight is 432 g/mol. The Hall–Kier alpha value is -2.57. The third kappa shape index (κ3) is 6.47. The van der Waals surface area contributed by atoms with Gasteiger partial charge in [-0.15, -0.1) is 0 Å². The van der Waals surface area contributed by atoms with Gasteiger partial charge in [-0.05, 0) is 54.7 Å². The molecule has 1 unspecified atom stereocenters. The van der Waals surface area contributed by atoms with Crippen molar-refractivity contribution >= 4 is 23.5 Å². The van der Waals surface area contributed by atoms with E-state index in [0.29, 0.717) is 36.6 Å². The number of halogens is 1. The molecule has 0 radical (unpaired) electrons. The van der Waals surface area contributed by atoms with Crippen LogP contribution in [0.15, 0.2) is 48.5 Å². The third-order valence-corrected chi connectivity index (χ3v) is 5.44. The second-order valence-corrected chi connectivity index (χ2v) is 8.02. The first-order valence-electron chi connectivity index (χ1n) is 10.1. The summed E-state index contributed by atoms with van der Waals surface area (Å²) in [5.41, 5.74) is 1.93. The number of aliphatic carboxylic acids is 1. The van der Waals surface area contributed by atoms with Crippen molar-refractivity contribution in [3.63, 3.8) is 0 Å². The summed E-state index contributed by atoms with van der Waals surface area (Å²) in [4.78, 5) is 24.5. The first-order valence-corrected chi connectivity index (χ1v) is 10.4. The Bertz CT molecular complexity index is 887. The predicted octanol–water partition coefficient (Wildman–Crippen LogP) is 3.68. The van der Waals surface area contributed by atoms with E-state index in [1.54, 1.807) is 6.07 Å². The van der Waals surface area contributed by atoms with Crippen LogP contribution in [0.4, 0.5) is 0 Å². The third-order valence-electron chi connectivity index (χ3n) is 5.20. The molecule has 160 valence electrons. The molecular formula is C23H26ClNO5. The smallest absolute Gasteiger partial charge is 0.306 e. The summed E-state index contributed by atoms with van der Waals surface area (Å²) in [5, 5.41) is 19.7. The Morgan fingerprint density at radius 3 is 2.70 bits per heavy atom. The van der Waals surface area contributed by atoms with Gasteiger partial charge in [0.2, 0.25) is 5.91 Å². The average Bonchev–Trinajstić information content (AvgIpc) is 2.69. The number of nitrogens with zero attached hydrogens (tertiary/aromatic N) is 1. The minimum Gasteiger partial charge on any atom is -0.493 e. The first-order chi connectivity index (χ1) is 14.4. The van der Waals surface area contributed by atoms with Gasteiger partial charge in [0.15, 0.2) is 0 Å². The number of benzene rings is 2. The molecule has 2 atom stereocenters. The van der Waals surface area contributed by atoms with E-state index in [1.165, 1.54) is 0 Å². The SMILES string of the molecule is O=C(O)CCOc1cccc(CN2C(=O)C[C@@H]2CCC(O)Cc2cccc(Cl)c2)c1. The van der Waals surface area contributed by atoms with Gasteiger partial charge in [0, 0.05) is 24.0 Å². The second kappa shape index (κ2) is 10.5. The lowest BCUT2D eigenvalue weighted by molar-refractivity contribution is -0.147. The number of rotatable bonds is 11. The molecule has 3 rings (SSSR count). The van der Waals surface area contributed by atoms with Gasteiger partial charge in [0.05, 0.1) is 19.1 Å². The second-order valence-electron chi connectivity index (χ2n) is 7.58. The predicted molar refractivity (Wildman–Crippen MR) is 114 cm³/mol. The number of carbonyl (C=O) groups excluding carboxylic acids is 1. The fraction of sp³-hybridized carbons (Fsp3) is 0.391. The van der Waals surface area contributed by atoms with Crippen LogP contribution in [0.3, 0.4) is 0 Å². The van der Waals surface area contributed by atoms with Gasteiger partial charge >= 0.3 is 5.97 Å². The van der Waals surface area contributed by atoms with Crippen LogP contribution in [0, 0.1) is 0 Å². The Morgan fingerprint density at radius 2 is 1.97 bits per heavy atom. The Labute approximate surface area is 181 Å². The number of hydrogen-bond acceptors (Lipinski definition) is 4. The maximum atomic E-state index is 12.1. The standard InChI is InChI=1S/C23H26ClNO5/c24-18-5-1-3-16(11-18)12-20(26)8-7-19-14-22(27)25(19)15-17-4-2-6-21(13-17)30-10-9-23(28)29/h1-6,11,13,19-20,26H,7-10,12,14-15H2,(H,28,29)/t19-,20?/m0/s1. The largest absolute Gasteiger partial charge is 0.493 e. The van der Waals surface area contributed by atoms with Crippen molar-refractivity contribution in [1.29, 1.82) is 0 Å². The molecule has 1 saturated heterocycles. The highest BCUT2D eigenvalue weighted by molar-refractivity contribution is 6.30. The molecule has 6 nitrogen and oxygen atoms in total. The summed E-state index contributed by atoms with van der Waals surface area (Å²) >= 11 is 5.99. The van der Waals surface area contributed by atoms with Gasteiger partial charge in [0.25, 0.3) is 0 Å². The molecule has 2 N–H and O–H groups in total. The molecule has 0 saturated carbocycles. The van der Waals surface area contributed by atoms with E-state index in [2.05, 4.69) is 0 Å². The van der Waals surface area contributed by atoms with Gasteiger partial charge < -0.3 is 19.8 Å². The molecule has 30 heavy (non-hydrogen) atoms. The lowest BCUT2D eigenvalue weighted by Crippen LogP contribution is -2.52. The lowest BCUT2D eigenvalue weighted by Gasteiger charge is -2.41. The van der Waals surface area contributed by atoms with Crippen LogP contribution in [-0.2, 0) is 22.6 Å². The molecule has 7 heteroatoms. The van der Waals surface area contributed by atoms with Crippen LogP contribution in [0.25, 0.3) is 0 Å². The summed E-state index contributed by atoms with van der Waals surface area (Å²) in [7, 11) is 0. The highest BCUT2D eigenvalue weighted by Gasteiger charge is 2.35. The van der Waals surface area contributed by atoms with Crippen LogP contribution in [0.2, 0.25) is 5.02 Å². The lowest BCUT2D eigenvalue weighted by atomic mass is 9.93. The number of hydrogen-bond donors (Lipinski definition) is 2. The molecule has 1 heterocycles. The minimum atomic E-state index is -0.905. The fourth-order valence-electron chi connectivity index (χ4n) is 3.60. The number of ether oxygens (including phenoxy) is 1. The van der Waals surface area contributed by atoms with Crippen molar-refractivity contribution in [3.05, 3.63) is 64.7 Å². The normalized spacial score (nSPS) is 16.8. The van der Waals surface area contributed by atoms with Gasteiger partial charge in [-0.1, -0.05) is 35.9 Å². The van der Waals surface area contributed by atoms with Crippen LogP contribution >= 0.6 is 11.6 Å². The zero-order chi connectivity index (χ0) is 21.5. The van der Waals surface area contributed by atoms with E-state index in [-0.39, 0.29) is 25.0 Å². The minimum absolute atomic E-state index is 0.0611. The Morgan fingerprint density at radius 1 is 1.20 bits per heavy atom. The molecule has 1 aliphatic rings. The molecule has 0 aromatic heterocycles. The van der Waals surface area contributed by atoms with Crippen LogP contribution < -0.4 is 4.74 Å². The van der Waals surface area contributed by atoms with Crippen molar-refractivity contribution in [3.8, 4) is 5.75 Å². The van der Waals surface area contributed by atoms with E-state index < -0.39 is 12.1 Å². The summed E-state index contributed by atoms with van der Waals surface area (Å²) in [6.45, 7) is 0.582. The van der Waals surface area contributed by atoms with Crippen LogP contribution in [0.5, 0.6) is 5.75 Å². The van der Waals surface area contributed by atoms with Crippen molar-refractivity contribution in [1.82, 2.24) is 4.90 Å². The first kappa shape index (κ1) is 22.1. The van der Waals surface area contributed by atoms with Crippen molar-refractivity contribution in [2.45, 2.75) is 50.8 Å². The molecule has 1 fully saturated rings. The zero-order valence-electron chi connectivity index (χ0n) is 16.7. The van der Waals surface area contributed by atoms with Crippen molar-refractivity contribution < 1.29 is 24.5 Å². The van der Waals surface area contributed by atoms with E-state index in [9.17, 15) is 14.7 Å². The number of likely N-dealkylation sites (tertiary alicyclic amines) is 1. The maximum absolute atomic E-state index is 12.1.